The second-order valence-corrected chi connectivity index (χ2v) is 7.95. The number of hydrogen-bond acceptors (Lipinski definition) is 5. The number of nitrogens with zero attached hydrogens (tertiary/aromatic N) is 3. The van der Waals surface area contributed by atoms with Gasteiger partial charge in [-0.2, -0.15) is 0 Å². The number of amides is 1. The summed E-state index contributed by atoms with van der Waals surface area (Å²) in [5, 5.41) is 3.94. The number of hydrogen-bond donors (Lipinski definition) is 1. The lowest BCUT2D eigenvalue weighted by molar-refractivity contribution is 0.0944. The molecule has 0 saturated carbocycles. The molecule has 3 heterocycles. The van der Waals surface area contributed by atoms with E-state index in [9.17, 15) is 4.79 Å². The Bertz CT molecular complexity index is 1080. The van der Waals surface area contributed by atoms with E-state index in [1.807, 2.05) is 24.3 Å². The van der Waals surface area contributed by atoms with Gasteiger partial charge in [-0.05, 0) is 57.1 Å². The monoisotopic (exact) mass is 390 g/mol. The van der Waals surface area contributed by atoms with E-state index in [0.717, 1.165) is 67.5 Å². The zero-order chi connectivity index (χ0) is 19.6. The summed E-state index contributed by atoms with van der Waals surface area (Å²) in [6.45, 7) is 2.48. The van der Waals surface area contributed by atoms with Gasteiger partial charge >= 0.3 is 0 Å². The lowest BCUT2D eigenvalue weighted by atomic mass is 9.97. The van der Waals surface area contributed by atoms with Crippen LogP contribution in [-0.2, 0) is 0 Å². The molecule has 150 valence electrons. The highest BCUT2D eigenvalue weighted by molar-refractivity contribution is 6.07. The third-order valence-electron chi connectivity index (χ3n) is 5.93. The molecule has 29 heavy (non-hydrogen) atoms. The van der Waals surface area contributed by atoms with Gasteiger partial charge in [0.2, 0.25) is 5.82 Å². The van der Waals surface area contributed by atoms with Gasteiger partial charge < -0.3 is 14.6 Å². The fourth-order valence-electron chi connectivity index (χ4n) is 4.37. The Morgan fingerprint density at radius 2 is 1.97 bits per heavy atom. The van der Waals surface area contributed by atoms with Gasteiger partial charge in [0, 0.05) is 25.0 Å². The number of benzene rings is 1. The average molecular weight is 390 g/mol. The first-order valence-corrected chi connectivity index (χ1v) is 10.7. The van der Waals surface area contributed by atoms with Gasteiger partial charge in [0.1, 0.15) is 11.1 Å². The normalized spacial score (nSPS) is 17.1. The van der Waals surface area contributed by atoms with Gasteiger partial charge in [-0.15, -0.1) is 0 Å². The molecule has 1 aliphatic heterocycles. The molecule has 1 aromatic carbocycles. The van der Waals surface area contributed by atoms with Crippen LogP contribution >= 0.6 is 0 Å². The fourth-order valence-corrected chi connectivity index (χ4v) is 4.37. The van der Waals surface area contributed by atoms with Crippen LogP contribution in [0.5, 0.6) is 0 Å². The maximum atomic E-state index is 12.9. The lowest BCUT2D eigenvalue weighted by Gasteiger charge is -2.17. The van der Waals surface area contributed by atoms with Crippen molar-refractivity contribution in [3.63, 3.8) is 0 Å². The molecule has 1 N–H and O–H groups in total. The zero-order valence-electron chi connectivity index (χ0n) is 16.6. The topological polar surface area (TPSA) is 71.3 Å². The summed E-state index contributed by atoms with van der Waals surface area (Å²) in [7, 11) is 0. The Hall–Kier alpha value is -2.89. The summed E-state index contributed by atoms with van der Waals surface area (Å²) in [5.41, 5.74) is 3.63. The first-order chi connectivity index (χ1) is 14.3. The molecule has 1 fully saturated rings. The van der Waals surface area contributed by atoms with Gasteiger partial charge in [-0.3, -0.25) is 4.79 Å². The Kier molecular flexibility index (Phi) is 4.92. The molecule has 5 rings (SSSR count). The third-order valence-corrected chi connectivity index (χ3v) is 5.93. The molecule has 0 bridgehead atoms. The van der Waals surface area contributed by atoms with E-state index in [1.165, 1.54) is 18.4 Å². The third kappa shape index (κ3) is 3.59. The van der Waals surface area contributed by atoms with Crippen LogP contribution in [0.2, 0.25) is 0 Å². The molecule has 0 atom stereocenters. The molecule has 0 spiro atoms. The smallest absolute Gasteiger partial charge is 0.289 e. The van der Waals surface area contributed by atoms with Crippen molar-refractivity contribution < 1.29 is 9.21 Å². The number of carbonyl (C=O) groups excluding carboxylic acids is 1. The summed E-state index contributed by atoms with van der Waals surface area (Å²) < 4.78 is 6.09. The van der Waals surface area contributed by atoms with Crippen molar-refractivity contribution in [2.24, 2.45) is 0 Å². The highest BCUT2D eigenvalue weighted by Crippen LogP contribution is 2.34. The van der Waals surface area contributed by atoms with E-state index in [4.69, 9.17) is 4.42 Å². The number of furan rings is 1. The number of aromatic nitrogens is 2. The molecule has 6 nitrogen and oxygen atoms in total. The number of carbonyl (C=O) groups is 1. The zero-order valence-corrected chi connectivity index (χ0v) is 16.6. The van der Waals surface area contributed by atoms with Crippen LogP contribution < -0.4 is 10.2 Å². The molecule has 0 unspecified atom stereocenters. The predicted molar refractivity (Wildman–Crippen MR) is 114 cm³/mol. The molecular weight excluding hydrogens is 364 g/mol. The van der Waals surface area contributed by atoms with Gasteiger partial charge in [-0.25, -0.2) is 9.97 Å². The number of fused-ring (bicyclic) bond motifs is 3. The first kappa shape index (κ1) is 18.2. The van der Waals surface area contributed by atoms with Gasteiger partial charge in [0.05, 0.1) is 0 Å². The second-order valence-electron chi connectivity index (χ2n) is 7.95. The van der Waals surface area contributed by atoms with Crippen molar-refractivity contribution in [2.45, 2.75) is 44.9 Å². The van der Waals surface area contributed by atoms with Crippen LogP contribution in [0.1, 0.15) is 55.6 Å². The van der Waals surface area contributed by atoms with E-state index >= 15 is 0 Å². The average Bonchev–Trinajstić information content (AvgIpc) is 3.42. The van der Waals surface area contributed by atoms with Crippen molar-refractivity contribution in [3.05, 3.63) is 41.7 Å². The standard InChI is InChI=1S/C23H26N4O2/c28-23(24-13-12-16-8-2-1-3-9-16)21-25-19-17-10-4-5-11-18(17)29-20(19)22(26-21)27-14-6-7-15-27/h4-5,8,10-11H,1-3,6-7,9,12-15H2,(H,24,28). The van der Waals surface area contributed by atoms with Crippen molar-refractivity contribution in [2.75, 3.05) is 24.5 Å². The number of para-hydroxylation sites is 1. The minimum absolute atomic E-state index is 0.214. The largest absolute Gasteiger partial charge is 0.450 e. The van der Waals surface area contributed by atoms with Crippen molar-refractivity contribution >= 4 is 33.8 Å². The first-order valence-electron chi connectivity index (χ1n) is 10.7. The Morgan fingerprint density at radius 1 is 1.10 bits per heavy atom. The van der Waals surface area contributed by atoms with Gasteiger partial charge in [0.25, 0.3) is 5.91 Å². The Labute approximate surface area is 170 Å². The highest BCUT2D eigenvalue weighted by atomic mass is 16.3. The summed E-state index contributed by atoms with van der Waals surface area (Å²) in [4.78, 5) is 24.3. The van der Waals surface area contributed by atoms with Gasteiger partial charge in [0.15, 0.2) is 11.4 Å². The van der Waals surface area contributed by atoms with Crippen LogP contribution in [0.4, 0.5) is 5.82 Å². The molecule has 1 amide bonds. The van der Waals surface area contributed by atoms with Gasteiger partial charge in [-0.1, -0.05) is 23.8 Å². The lowest BCUT2D eigenvalue weighted by Crippen LogP contribution is -2.28. The fraction of sp³-hybridized carbons (Fsp3) is 0.435. The minimum Gasteiger partial charge on any atom is -0.450 e. The van der Waals surface area contributed by atoms with Crippen molar-refractivity contribution in [1.29, 1.82) is 0 Å². The molecule has 1 saturated heterocycles. The second kappa shape index (κ2) is 7.85. The SMILES string of the molecule is O=C(NCCC1=CCCCC1)c1nc(N2CCCC2)c2oc3ccccc3c2n1. The molecule has 0 radical (unpaired) electrons. The summed E-state index contributed by atoms with van der Waals surface area (Å²) in [5.74, 6) is 0.751. The number of anilines is 1. The molecular formula is C23H26N4O2. The van der Waals surface area contributed by atoms with E-state index in [1.54, 1.807) is 0 Å². The van der Waals surface area contributed by atoms with E-state index in [-0.39, 0.29) is 11.7 Å². The predicted octanol–water partition coefficient (Wildman–Crippen LogP) is 4.60. The van der Waals surface area contributed by atoms with Crippen LogP contribution in [-0.4, -0.2) is 35.5 Å². The maximum absolute atomic E-state index is 12.9. The molecule has 2 aromatic heterocycles. The number of nitrogens with one attached hydrogen (secondary N) is 1. The molecule has 3 aromatic rings. The van der Waals surface area contributed by atoms with Crippen LogP contribution in [0.3, 0.4) is 0 Å². The minimum atomic E-state index is -0.214. The maximum Gasteiger partial charge on any atom is 0.289 e. The van der Waals surface area contributed by atoms with Crippen molar-refractivity contribution in [3.8, 4) is 0 Å². The van der Waals surface area contributed by atoms with Crippen LogP contribution in [0.25, 0.3) is 22.1 Å². The summed E-state index contributed by atoms with van der Waals surface area (Å²) in [6.07, 6.45) is 10.3. The van der Waals surface area contributed by atoms with E-state index in [0.29, 0.717) is 12.1 Å². The highest BCUT2D eigenvalue weighted by Gasteiger charge is 2.24. The number of rotatable bonds is 5. The summed E-state index contributed by atoms with van der Waals surface area (Å²) >= 11 is 0. The Balaban J connectivity index is 1.45. The quantitative estimate of drug-likeness (QED) is 0.645. The molecule has 2 aliphatic rings. The number of allylic oxidation sites excluding steroid dienone is 1. The van der Waals surface area contributed by atoms with E-state index in [2.05, 4.69) is 26.3 Å². The Morgan fingerprint density at radius 3 is 2.79 bits per heavy atom. The molecule has 1 aliphatic carbocycles. The summed E-state index contributed by atoms with van der Waals surface area (Å²) in [6, 6.07) is 7.83. The van der Waals surface area contributed by atoms with Crippen LogP contribution in [0, 0.1) is 0 Å². The van der Waals surface area contributed by atoms with E-state index < -0.39 is 0 Å². The molecule has 6 heteroatoms. The van der Waals surface area contributed by atoms with Crippen LogP contribution in [0.15, 0.2) is 40.3 Å². The van der Waals surface area contributed by atoms with Crippen molar-refractivity contribution in [1.82, 2.24) is 15.3 Å².